The van der Waals surface area contributed by atoms with E-state index in [9.17, 15) is 4.79 Å². The van der Waals surface area contributed by atoms with E-state index in [0.717, 1.165) is 60.1 Å². The van der Waals surface area contributed by atoms with Crippen LogP contribution >= 0.6 is 0 Å². The minimum Gasteiger partial charge on any atom is -0.497 e. The van der Waals surface area contributed by atoms with Gasteiger partial charge in [0, 0.05) is 40.4 Å². The van der Waals surface area contributed by atoms with E-state index in [1.54, 1.807) is 34.5 Å². The summed E-state index contributed by atoms with van der Waals surface area (Å²) >= 11 is 0. The Morgan fingerprint density at radius 2 is 1.17 bits per heavy atom. The molecule has 2 rings (SSSR count). The van der Waals surface area contributed by atoms with Crippen molar-refractivity contribution in [2.75, 3.05) is 35.5 Å². The Bertz CT molecular complexity index is 2620. The molecule has 0 saturated heterocycles. The van der Waals surface area contributed by atoms with Crippen molar-refractivity contribution in [1.82, 2.24) is 0 Å². The highest BCUT2D eigenvalue weighted by molar-refractivity contribution is 6.75. The third-order valence-corrected chi connectivity index (χ3v) is 38.2. The highest BCUT2D eigenvalue weighted by Crippen LogP contribution is 2.43. The van der Waals surface area contributed by atoms with Crippen molar-refractivity contribution in [3.05, 3.63) is 126 Å². The predicted molar refractivity (Wildman–Crippen MR) is 402 cm³/mol. The highest BCUT2D eigenvalue weighted by Gasteiger charge is 2.46. The minimum atomic E-state index is -2.55. The van der Waals surface area contributed by atoms with Crippen molar-refractivity contribution in [2.24, 2.45) is 11.8 Å². The summed E-state index contributed by atoms with van der Waals surface area (Å²) in [5, 5.41) is -0.218. The van der Waals surface area contributed by atoms with Gasteiger partial charge in [-0.2, -0.15) is 0 Å². The number of hydrogen-bond acceptors (Lipinski definition) is 12. The summed E-state index contributed by atoms with van der Waals surface area (Å²) in [5.74, 6) is 0.329. The topological polar surface area (TPSA) is 119 Å². The number of cyclic esters (lactones) is 1. The van der Waals surface area contributed by atoms with Gasteiger partial charge >= 0.3 is 5.97 Å². The average Bonchev–Trinajstić information content (AvgIpc) is 0.864. The molecule has 1 aliphatic rings. The fraction of sp³-hybridized carbons (Fsp3) is 0.701. The molecular weight excluding hydrogens is 1230 g/mol. The quantitative estimate of drug-likeness (QED) is 0.0557. The lowest BCUT2D eigenvalue weighted by molar-refractivity contribution is -0.152. The molecule has 0 aromatic heterocycles. The van der Waals surface area contributed by atoms with Gasteiger partial charge in [0.05, 0.1) is 50.3 Å². The molecule has 16 heteroatoms. The molecule has 0 bridgehead atoms. The molecule has 0 saturated carbocycles. The second-order valence-electron chi connectivity index (χ2n) is 32.3. The molecule has 0 fully saturated rings. The fourth-order valence-corrected chi connectivity index (χ4v) is 15.4. The number of ether oxygens (including phenoxy) is 7. The number of benzene rings is 1. The summed E-state index contributed by atoms with van der Waals surface area (Å²) in [6.45, 7) is 58.8. The first-order chi connectivity index (χ1) is 42.8. The van der Waals surface area contributed by atoms with Crippen molar-refractivity contribution < 1.29 is 55.7 Å². The van der Waals surface area contributed by atoms with Crippen LogP contribution in [-0.4, -0.2) is 136 Å². The average molecular weight is 1370 g/mol. The van der Waals surface area contributed by atoms with Gasteiger partial charge < -0.3 is 50.9 Å². The van der Waals surface area contributed by atoms with Crippen LogP contribution in [0, 0.1) is 11.8 Å². The molecule has 0 aliphatic carbocycles. The van der Waals surface area contributed by atoms with E-state index in [-0.39, 0.29) is 50.5 Å². The molecule has 1 aromatic carbocycles. The van der Waals surface area contributed by atoms with Gasteiger partial charge in [-0.1, -0.05) is 207 Å². The Morgan fingerprint density at radius 1 is 0.634 bits per heavy atom. The molecule has 0 spiro atoms. The zero-order valence-corrected chi connectivity index (χ0v) is 68.6. The van der Waals surface area contributed by atoms with Gasteiger partial charge in [-0.15, -0.1) is 0 Å². The molecule has 0 radical (unpaired) electrons. The van der Waals surface area contributed by atoms with E-state index in [2.05, 4.69) is 226 Å². The lowest BCUT2D eigenvalue weighted by Crippen LogP contribution is -2.52. The van der Waals surface area contributed by atoms with Crippen LogP contribution in [0.2, 0.25) is 72.5 Å². The lowest BCUT2D eigenvalue weighted by atomic mass is 9.93. The normalized spacial score (nSPS) is 27.1. The molecule has 1 aromatic rings. The number of esters is 1. The Hall–Kier alpha value is -3.08. The number of carbonyl (C=O) groups excluding carboxylic acids is 1. The van der Waals surface area contributed by atoms with E-state index in [4.69, 9.17) is 50.9 Å². The Balaban J connectivity index is 3.15. The second kappa shape index (κ2) is 38.3. The molecule has 532 valence electrons. The zero-order chi connectivity index (χ0) is 71.1. The second-order valence-corrected chi connectivity index (χ2v) is 51.3. The van der Waals surface area contributed by atoms with Gasteiger partial charge in [-0.3, -0.25) is 0 Å². The van der Waals surface area contributed by atoms with E-state index in [0.29, 0.717) is 18.9 Å². The predicted octanol–water partition coefficient (Wildman–Crippen LogP) is 20.4. The summed E-state index contributed by atoms with van der Waals surface area (Å²) in [6, 6.07) is 7.95. The summed E-state index contributed by atoms with van der Waals surface area (Å²) in [7, 11) is -0.677. The van der Waals surface area contributed by atoms with Crippen LogP contribution in [0.1, 0.15) is 169 Å². The smallest absolute Gasteiger partial charge is 0.331 e. The highest BCUT2D eigenvalue weighted by atomic mass is 28.4. The van der Waals surface area contributed by atoms with Crippen LogP contribution < -0.4 is 4.74 Å². The molecule has 93 heavy (non-hydrogen) atoms. The summed E-state index contributed by atoms with van der Waals surface area (Å²) in [6.07, 6.45) is 27.1. The number of carbonyl (C=O) groups is 1. The molecule has 1 aliphatic heterocycles. The first-order valence-corrected chi connectivity index (χ1v) is 46.2. The van der Waals surface area contributed by atoms with Crippen LogP contribution in [0.5, 0.6) is 5.75 Å². The first-order valence-electron chi connectivity index (χ1n) is 34.5. The number of hydrogen-bond donors (Lipinski definition) is 0. The van der Waals surface area contributed by atoms with Crippen LogP contribution in [-0.2, 0) is 57.5 Å². The van der Waals surface area contributed by atoms with Crippen LogP contribution in [0.15, 0.2) is 120 Å². The van der Waals surface area contributed by atoms with Crippen LogP contribution in [0.25, 0.3) is 0 Å². The zero-order valence-electron chi connectivity index (χ0n) is 64.6. The largest absolute Gasteiger partial charge is 0.497 e. The van der Waals surface area contributed by atoms with Gasteiger partial charge in [0.15, 0.2) is 33.3 Å². The lowest BCUT2D eigenvalue weighted by Gasteiger charge is -2.43. The Morgan fingerprint density at radius 3 is 1.68 bits per heavy atom. The third-order valence-electron chi connectivity index (χ3n) is 20.3. The molecule has 12 atom stereocenters. The summed E-state index contributed by atoms with van der Waals surface area (Å²) < 4.78 is 73.8. The SMILES string of the molecule is CCC[C@H](O[Si](C)(C)C(C)(C)C)[C@H](/C=C(\C)[C@H](C/C=C/[C@@H]1OC(=O)/C=C/C=C/C(OC)C(O[Si](C)(C)C(C)(C)C)/C=C/C(C)=C/[C@@H](C)CCC[C@@H](OC)[C@H](O[Si](C)(C)C(C)(C)C)/C=C/C(C)=C/[C@@H](C)[C@H](O[Si](C)(C)C(C)(C)C)[C@H]1OC)OCc1ccc(OC)cc1)OC. The van der Waals surface area contributed by atoms with Gasteiger partial charge in [0.2, 0.25) is 0 Å². The Kier molecular flexibility index (Phi) is 35.4. The maximum atomic E-state index is 14.6. The number of methoxy groups -OCH3 is 5. The number of rotatable bonds is 24. The van der Waals surface area contributed by atoms with Gasteiger partial charge in [-0.25, -0.2) is 4.79 Å². The summed E-state index contributed by atoms with van der Waals surface area (Å²) in [5.41, 5.74) is 4.19. The monoisotopic (exact) mass is 1360 g/mol. The molecule has 0 N–H and O–H groups in total. The van der Waals surface area contributed by atoms with E-state index in [1.165, 1.54) is 6.08 Å². The molecule has 0 amide bonds. The van der Waals surface area contributed by atoms with E-state index < -0.39 is 75.9 Å². The van der Waals surface area contributed by atoms with E-state index >= 15 is 0 Å². The molecule has 1 heterocycles. The van der Waals surface area contributed by atoms with Crippen molar-refractivity contribution in [1.29, 1.82) is 0 Å². The fourth-order valence-electron chi connectivity index (χ4n) is 10.1. The third kappa shape index (κ3) is 28.4. The molecule has 2 unspecified atom stereocenters. The standard InChI is InChI=1S/C77H136O12Si4/c1-32-37-66(86-90(24,25)74(7,8)9)70(82-22)54-59(5)63(84-55-61-46-48-62(79-19)49-47-61)40-36-42-69-73(83-23)72(89-93(30,31)77(16,17)18)60(6)53-58(4)45-51-68(88-92(28,29)76(13,14)15)65(81-21)41-35-38-56(2)52-57(3)44-50-67(87-91(26,27)75(10,11)12)64(80-20)39-33-34-43-71(78)85-69/h33-34,36,39,42-54,56,60,63-70,72-73H,32,35,37-38,40-41,55H2,1-31H3/b39-33+,42-36+,43-34+,50-44+,51-45+,57-52+,58-53+,59-54+/t56-,60+,63-,64?,65+,66-,67?,68+,69-,70-,72-,73-/m0/s1. The first kappa shape index (κ1) is 86.0. The van der Waals surface area contributed by atoms with Gasteiger partial charge in [-0.05, 0) is 154 Å². The van der Waals surface area contributed by atoms with Gasteiger partial charge in [0.25, 0.3) is 0 Å². The van der Waals surface area contributed by atoms with Crippen molar-refractivity contribution >= 4 is 39.2 Å². The van der Waals surface area contributed by atoms with E-state index in [1.807, 2.05) is 49.6 Å². The Labute approximate surface area is 573 Å². The van der Waals surface area contributed by atoms with Crippen LogP contribution in [0.3, 0.4) is 0 Å². The minimum absolute atomic E-state index is 0.0162. The van der Waals surface area contributed by atoms with Gasteiger partial charge in [0.1, 0.15) is 30.2 Å². The summed E-state index contributed by atoms with van der Waals surface area (Å²) in [4.78, 5) is 14.6. The maximum absolute atomic E-state index is 14.6. The van der Waals surface area contributed by atoms with Crippen molar-refractivity contribution in [3.8, 4) is 5.75 Å². The van der Waals surface area contributed by atoms with Crippen LogP contribution in [0.4, 0.5) is 0 Å². The maximum Gasteiger partial charge on any atom is 0.331 e. The molecular formula is C77H136O12Si4. The van der Waals surface area contributed by atoms with Crippen molar-refractivity contribution in [2.45, 2.75) is 303 Å². The van der Waals surface area contributed by atoms with Crippen molar-refractivity contribution in [3.63, 3.8) is 0 Å². The number of allylic oxidation sites excluding steroid dienone is 7. The molecule has 12 nitrogen and oxygen atoms in total.